The van der Waals surface area contributed by atoms with Crippen LogP contribution in [0.5, 0.6) is 0 Å². The Hall–Kier alpha value is -1.49. The average Bonchev–Trinajstić information content (AvgIpc) is 3.00. The third-order valence-corrected chi connectivity index (χ3v) is 5.88. The van der Waals surface area contributed by atoms with Gasteiger partial charge in [-0.15, -0.1) is 0 Å². The van der Waals surface area contributed by atoms with E-state index in [1.807, 2.05) is 18.0 Å². The van der Waals surface area contributed by atoms with Crippen molar-refractivity contribution in [1.82, 2.24) is 14.8 Å². The van der Waals surface area contributed by atoms with Crippen molar-refractivity contribution in [3.8, 4) is 0 Å². The molecule has 8 nitrogen and oxygen atoms in total. The Balaban J connectivity index is 2.31. The van der Waals surface area contributed by atoms with Crippen molar-refractivity contribution in [3.05, 3.63) is 23.7 Å². The van der Waals surface area contributed by atoms with Crippen LogP contribution < -0.4 is 10.0 Å². The second kappa shape index (κ2) is 6.73. The monoisotopic (exact) mass is 345 g/mol. The lowest BCUT2D eigenvalue weighted by atomic mass is 10.4. The second-order valence-corrected chi connectivity index (χ2v) is 7.51. The zero-order valence-corrected chi connectivity index (χ0v) is 14.3. The molecule has 2 N–H and O–H groups in total. The summed E-state index contributed by atoms with van der Waals surface area (Å²) in [5.41, 5.74) is 1.40. The number of nitrogens with zero attached hydrogens (tertiary/aromatic N) is 4. The molecule has 0 aliphatic carbocycles. The van der Waals surface area contributed by atoms with Gasteiger partial charge in [-0.2, -0.15) is 5.10 Å². The van der Waals surface area contributed by atoms with Crippen molar-refractivity contribution < 1.29 is 13.2 Å². The molecule has 122 valence electrons. The van der Waals surface area contributed by atoms with E-state index < -0.39 is 10.0 Å². The second-order valence-electron chi connectivity index (χ2n) is 4.77. The van der Waals surface area contributed by atoms with E-state index in [1.165, 1.54) is 0 Å². The topological polar surface area (TPSA) is 103 Å². The van der Waals surface area contributed by atoms with Gasteiger partial charge in [0, 0.05) is 26.9 Å². The zero-order chi connectivity index (χ0) is 16.3. The quantitative estimate of drug-likeness (QED) is 0.783. The fraction of sp³-hybridized carbons (Fsp3) is 0.500. The van der Waals surface area contributed by atoms with E-state index in [1.54, 1.807) is 24.9 Å². The molecule has 0 bridgehead atoms. The molecule has 0 aromatic carbocycles. The van der Waals surface area contributed by atoms with Crippen LogP contribution in [0.25, 0.3) is 0 Å². The lowest BCUT2D eigenvalue weighted by molar-refractivity contribution is 0.205. The van der Waals surface area contributed by atoms with Crippen LogP contribution in [0, 0.1) is 6.92 Å². The first-order valence-electron chi connectivity index (χ1n) is 6.54. The standard InChI is InChI=1S/C12H19N5O3S2/c1-9-11(22(13,18)19)21-12(15-9)17(6-7-20-3)8-10-4-5-14-16(10)2/h4-5H,6-8H2,1-3H3,(H2,13,18,19). The summed E-state index contributed by atoms with van der Waals surface area (Å²) >= 11 is 1.07. The first kappa shape index (κ1) is 16.9. The van der Waals surface area contributed by atoms with Gasteiger partial charge in [0.15, 0.2) is 9.34 Å². The maximum absolute atomic E-state index is 11.6. The smallest absolute Gasteiger partial charge is 0.249 e. The third kappa shape index (κ3) is 3.83. The van der Waals surface area contributed by atoms with Gasteiger partial charge in [-0.25, -0.2) is 18.5 Å². The number of rotatable bonds is 7. The Morgan fingerprint density at radius 2 is 2.23 bits per heavy atom. The highest BCUT2D eigenvalue weighted by Gasteiger charge is 2.21. The van der Waals surface area contributed by atoms with Crippen molar-refractivity contribution in [2.24, 2.45) is 12.2 Å². The van der Waals surface area contributed by atoms with Crippen molar-refractivity contribution in [2.75, 3.05) is 25.2 Å². The van der Waals surface area contributed by atoms with Gasteiger partial charge in [-0.05, 0) is 13.0 Å². The molecule has 0 aliphatic rings. The van der Waals surface area contributed by atoms with E-state index in [0.29, 0.717) is 30.5 Å². The van der Waals surface area contributed by atoms with Crippen LogP contribution in [0.3, 0.4) is 0 Å². The molecule has 0 radical (unpaired) electrons. The molecular formula is C12H19N5O3S2. The summed E-state index contributed by atoms with van der Waals surface area (Å²) in [7, 11) is -0.286. The number of methoxy groups -OCH3 is 1. The van der Waals surface area contributed by atoms with Crippen molar-refractivity contribution in [3.63, 3.8) is 0 Å². The van der Waals surface area contributed by atoms with Crippen LogP contribution in [0.15, 0.2) is 16.5 Å². The largest absolute Gasteiger partial charge is 0.383 e. The van der Waals surface area contributed by atoms with Crippen LogP contribution >= 0.6 is 11.3 Å². The first-order valence-corrected chi connectivity index (χ1v) is 8.90. The number of anilines is 1. The van der Waals surface area contributed by atoms with Gasteiger partial charge in [-0.3, -0.25) is 4.68 Å². The molecule has 0 atom stereocenters. The van der Waals surface area contributed by atoms with Crippen molar-refractivity contribution in [1.29, 1.82) is 0 Å². The number of ether oxygens (including phenoxy) is 1. The normalized spacial score (nSPS) is 11.8. The summed E-state index contributed by atoms with van der Waals surface area (Å²) in [6.07, 6.45) is 1.71. The molecule has 2 rings (SSSR count). The molecule has 0 unspecified atom stereocenters. The number of sulfonamides is 1. The number of thiazole rings is 1. The van der Waals surface area contributed by atoms with E-state index in [2.05, 4.69) is 10.1 Å². The summed E-state index contributed by atoms with van der Waals surface area (Å²) in [5, 5.41) is 9.95. The zero-order valence-electron chi connectivity index (χ0n) is 12.7. The van der Waals surface area contributed by atoms with Crippen LogP contribution in [0.2, 0.25) is 0 Å². The Bertz CT molecular complexity index is 738. The van der Waals surface area contributed by atoms with E-state index in [-0.39, 0.29) is 4.21 Å². The molecule has 10 heteroatoms. The lowest BCUT2D eigenvalue weighted by Crippen LogP contribution is -2.27. The minimum Gasteiger partial charge on any atom is -0.383 e. The predicted octanol–water partition coefficient (Wildman–Crippen LogP) is 0.485. The molecular weight excluding hydrogens is 326 g/mol. The predicted molar refractivity (Wildman–Crippen MR) is 84.4 cm³/mol. The van der Waals surface area contributed by atoms with Gasteiger partial charge < -0.3 is 9.64 Å². The van der Waals surface area contributed by atoms with Crippen molar-refractivity contribution in [2.45, 2.75) is 17.7 Å². The van der Waals surface area contributed by atoms with Gasteiger partial charge in [0.05, 0.1) is 24.5 Å². The Kier molecular flexibility index (Phi) is 5.16. The summed E-state index contributed by atoms with van der Waals surface area (Å²) in [6, 6.07) is 1.90. The Labute approximate surface area is 133 Å². The summed E-state index contributed by atoms with van der Waals surface area (Å²) in [6.45, 7) is 3.27. The fourth-order valence-corrected chi connectivity index (χ4v) is 3.94. The molecule has 2 aromatic rings. The summed E-state index contributed by atoms with van der Waals surface area (Å²) in [5.74, 6) is 0. The Morgan fingerprint density at radius 3 is 2.73 bits per heavy atom. The van der Waals surface area contributed by atoms with Gasteiger partial charge in [-0.1, -0.05) is 11.3 Å². The highest BCUT2D eigenvalue weighted by molar-refractivity contribution is 7.91. The molecule has 0 saturated carbocycles. The number of aryl methyl sites for hydroxylation is 2. The molecule has 0 fully saturated rings. The average molecular weight is 345 g/mol. The van der Waals surface area contributed by atoms with Crippen LogP contribution in [0.1, 0.15) is 11.4 Å². The number of hydrogen-bond acceptors (Lipinski definition) is 7. The minimum atomic E-state index is -3.76. The van der Waals surface area contributed by atoms with Crippen molar-refractivity contribution >= 4 is 26.5 Å². The van der Waals surface area contributed by atoms with Crippen LogP contribution in [-0.2, 0) is 28.4 Å². The Morgan fingerprint density at radius 1 is 1.50 bits per heavy atom. The van der Waals surface area contributed by atoms with Gasteiger partial charge in [0.1, 0.15) is 0 Å². The highest BCUT2D eigenvalue weighted by atomic mass is 32.2. The fourth-order valence-electron chi connectivity index (χ4n) is 1.96. The SMILES string of the molecule is COCCN(Cc1ccnn1C)c1nc(C)c(S(N)(=O)=O)s1. The molecule has 0 saturated heterocycles. The molecule has 0 aliphatic heterocycles. The van der Waals surface area contributed by atoms with E-state index in [4.69, 9.17) is 9.88 Å². The number of aromatic nitrogens is 3. The maximum atomic E-state index is 11.6. The first-order chi connectivity index (χ1) is 10.3. The third-order valence-electron chi connectivity index (χ3n) is 3.11. The number of nitrogens with two attached hydrogens (primary N) is 1. The number of hydrogen-bond donors (Lipinski definition) is 1. The molecule has 2 aromatic heterocycles. The van der Waals surface area contributed by atoms with Gasteiger partial charge in [0.25, 0.3) is 0 Å². The van der Waals surface area contributed by atoms with Crippen LogP contribution in [0.4, 0.5) is 5.13 Å². The molecule has 2 heterocycles. The summed E-state index contributed by atoms with van der Waals surface area (Å²) < 4.78 is 30.1. The summed E-state index contributed by atoms with van der Waals surface area (Å²) in [4.78, 5) is 6.29. The van der Waals surface area contributed by atoms with Crippen LogP contribution in [-0.4, -0.2) is 43.4 Å². The maximum Gasteiger partial charge on any atom is 0.249 e. The molecule has 22 heavy (non-hydrogen) atoms. The molecule has 0 amide bonds. The minimum absolute atomic E-state index is 0.0925. The van der Waals surface area contributed by atoms with Gasteiger partial charge in [0.2, 0.25) is 10.0 Å². The van der Waals surface area contributed by atoms with E-state index in [0.717, 1.165) is 17.0 Å². The highest BCUT2D eigenvalue weighted by Crippen LogP contribution is 2.29. The van der Waals surface area contributed by atoms with Gasteiger partial charge >= 0.3 is 0 Å². The van der Waals surface area contributed by atoms with E-state index >= 15 is 0 Å². The molecule has 0 spiro atoms. The number of primary sulfonamides is 1. The van der Waals surface area contributed by atoms with E-state index in [9.17, 15) is 8.42 Å². The lowest BCUT2D eigenvalue weighted by Gasteiger charge is -2.21.